The molecule has 1 aromatic heterocycles. The lowest BCUT2D eigenvalue weighted by atomic mass is 9.77. The van der Waals surface area contributed by atoms with Crippen LogP contribution in [0.3, 0.4) is 0 Å². The zero-order valence-electron chi connectivity index (χ0n) is 25.8. The van der Waals surface area contributed by atoms with Gasteiger partial charge in [0.05, 0.1) is 23.5 Å². The van der Waals surface area contributed by atoms with Crippen LogP contribution in [-0.2, 0) is 31.6 Å². The van der Waals surface area contributed by atoms with Gasteiger partial charge >= 0.3 is 13.3 Å². The van der Waals surface area contributed by atoms with Crippen molar-refractivity contribution in [1.29, 1.82) is 0 Å². The molecule has 8 nitrogen and oxygen atoms in total. The van der Waals surface area contributed by atoms with Crippen LogP contribution in [0.2, 0.25) is 0 Å². The predicted molar refractivity (Wildman–Crippen MR) is 157 cm³/mol. The monoisotopic (exact) mass is 616 g/mol. The average molecular weight is 616 g/mol. The molecule has 2 saturated heterocycles. The first-order valence-electron chi connectivity index (χ1n) is 15.0. The van der Waals surface area contributed by atoms with Gasteiger partial charge in [-0.15, -0.1) is 0 Å². The maximum atomic E-state index is 15.6. The van der Waals surface area contributed by atoms with Crippen molar-refractivity contribution in [3.8, 4) is 0 Å². The van der Waals surface area contributed by atoms with E-state index in [2.05, 4.69) is 10.3 Å². The summed E-state index contributed by atoms with van der Waals surface area (Å²) in [5, 5.41) is 2.85. The largest absolute Gasteiger partial charge is 0.495 e. The van der Waals surface area contributed by atoms with Crippen molar-refractivity contribution < 1.29 is 36.4 Å². The van der Waals surface area contributed by atoms with Gasteiger partial charge in [-0.25, -0.2) is 9.37 Å². The summed E-state index contributed by atoms with van der Waals surface area (Å²) in [6.45, 7) is 10.1. The van der Waals surface area contributed by atoms with Gasteiger partial charge in [0.25, 0.3) is 5.91 Å². The number of hydrogen-bond acceptors (Lipinski definition) is 7. The third kappa shape index (κ3) is 5.30. The first-order chi connectivity index (χ1) is 20.5. The molecule has 2 atom stereocenters. The molecule has 4 aliphatic rings. The number of aromatic nitrogens is 1. The lowest BCUT2D eigenvalue weighted by Crippen LogP contribution is -2.53. The Morgan fingerprint density at radius 3 is 2.41 bits per heavy atom. The summed E-state index contributed by atoms with van der Waals surface area (Å²) >= 11 is 0. The van der Waals surface area contributed by atoms with Gasteiger partial charge in [0, 0.05) is 48.8 Å². The number of pyridine rings is 1. The number of amides is 1. The van der Waals surface area contributed by atoms with Crippen molar-refractivity contribution >= 4 is 30.0 Å². The minimum Gasteiger partial charge on any atom is -0.399 e. The van der Waals surface area contributed by atoms with E-state index in [0.717, 1.165) is 18.9 Å². The number of piperidine rings is 1. The van der Waals surface area contributed by atoms with Crippen LogP contribution in [0.5, 0.6) is 0 Å². The number of ether oxygens (including phenoxy) is 1. The summed E-state index contributed by atoms with van der Waals surface area (Å²) in [4.78, 5) is 24.3. The van der Waals surface area contributed by atoms with Gasteiger partial charge < -0.3 is 24.3 Å². The summed E-state index contributed by atoms with van der Waals surface area (Å²) in [7, 11) is 0.743. The highest BCUT2D eigenvalue weighted by atomic mass is 19.4. The van der Waals surface area contributed by atoms with Gasteiger partial charge in [-0.05, 0) is 83.6 Å². The molecule has 1 N–H and O–H groups in total. The Balaban J connectivity index is 1.30. The van der Waals surface area contributed by atoms with E-state index in [4.69, 9.17) is 19.0 Å². The van der Waals surface area contributed by atoms with Gasteiger partial charge in [0.15, 0.2) is 0 Å². The van der Waals surface area contributed by atoms with Crippen LogP contribution in [0.1, 0.15) is 88.7 Å². The summed E-state index contributed by atoms with van der Waals surface area (Å²) < 4.78 is 73.6. The number of amidine groups is 1. The number of carbonyl (C=O) groups is 1. The zero-order chi connectivity index (χ0) is 31.8. The predicted octanol–water partition coefficient (Wildman–Crippen LogP) is 4.87. The van der Waals surface area contributed by atoms with Crippen LogP contribution < -0.4 is 15.7 Å². The molecule has 1 spiro atoms. The van der Waals surface area contributed by atoms with Crippen molar-refractivity contribution in [2.75, 3.05) is 18.6 Å². The molecule has 44 heavy (non-hydrogen) atoms. The molecule has 1 aromatic carbocycles. The number of alkyl halides is 3. The maximum absolute atomic E-state index is 15.6. The second-order valence-corrected chi connectivity index (χ2v) is 13.4. The standard InChI is InChI=1S/C31H37BF4N4O4/c1-17-15-30(27(41)38-26(39-30)20-9-10-24(31(34,35)36)37-25(20)18-7-8-18)11-12-40(17)23-14-19(13-22(33)21(23)16-42-6)32-43-28(2,3)29(4,5)44-32/h9-10,13-14,17-18H,7-8,11-12,15-16H2,1-6H3,(H,38,39,41). The molecule has 236 valence electrons. The van der Waals surface area contributed by atoms with Crippen molar-refractivity contribution in [3.63, 3.8) is 0 Å². The molecule has 0 radical (unpaired) electrons. The number of benzene rings is 1. The van der Waals surface area contributed by atoms with E-state index in [-0.39, 0.29) is 30.3 Å². The Morgan fingerprint density at radius 2 is 1.82 bits per heavy atom. The molecular formula is C31H37BF4N4O4. The molecular weight excluding hydrogens is 579 g/mol. The Bertz CT molecular complexity index is 1510. The average Bonchev–Trinajstić information content (AvgIpc) is 3.69. The highest BCUT2D eigenvalue weighted by Gasteiger charge is 2.53. The quantitative estimate of drug-likeness (QED) is 0.369. The first-order valence-corrected chi connectivity index (χ1v) is 15.0. The van der Waals surface area contributed by atoms with E-state index < -0.39 is 41.5 Å². The van der Waals surface area contributed by atoms with E-state index in [0.29, 0.717) is 47.4 Å². The number of aliphatic imine (C=N–C) groups is 1. The first kappa shape index (κ1) is 31.0. The summed E-state index contributed by atoms with van der Waals surface area (Å²) in [5.74, 6) is -0.569. The molecule has 2 unspecified atom stereocenters. The lowest BCUT2D eigenvalue weighted by molar-refractivity contribution is -0.141. The third-order valence-corrected chi connectivity index (χ3v) is 9.66. The second kappa shape index (κ2) is 10.5. The van der Waals surface area contributed by atoms with Crippen LogP contribution in [0.4, 0.5) is 23.2 Å². The molecule has 2 aromatic rings. The van der Waals surface area contributed by atoms with Gasteiger partial charge in [-0.1, -0.05) is 0 Å². The Morgan fingerprint density at radius 1 is 1.14 bits per heavy atom. The minimum atomic E-state index is -4.56. The van der Waals surface area contributed by atoms with Gasteiger partial charge in [-0.2, -0.15) is 13.2 Å². The highest BCUT2D eigenvalue weighted by Crippen LogP contribution is 2.44. The molecule has 1 saturated carbocycles. The number of halogens is 4. The topological polar surface area (TPSA) is 85.3 Å². The molecule has 1 aliphatic carbocycles. The van der Waals surface area contributed by atoms with Gasteiger partial charge in [0.1, 0.15) is 22.9 Å². The number of methoxy groups -OCH3 is 1. The number of anilines is 1. The minimum absolute atomic E-state index is 0.0484. The van der Waals surface area contributed by atoms with E-state index in [1.807, 2.05) is 45.6 Å². The summed E-state index contributed by atoms with van der Waals surface area (Å²) in [6, 6.07) is 5.35. The van der Waals surface area contributed by atoms with Crippen molar-refractivity contribution in [2.24, 2.45) is 4.99 Å². The van der Waals surface area contributed by atoms with Gasteiger partial charge in [-0.3, -0.25) is 9.79 Å². The SMILES string of the molecule is COCc1c(F)cc(B2OC(C)(C)C(C)(C)O2)cc1N1CCC2(CC1C)N=C(c1ccc(C(F)(F)F)nc1C1CC1)NC2=O. The Hall–Kier alpha value is -3.03. The summed E-state index contributed by atoms with van der Waals surface area (Å²) in [6.07, 6.45) is -2.43. The smallest absolute Gasteiger partial charge is 0.399 e. The fourth-order valence-electron chi connectivity index (χ4n) is 6.34. The fourth-order valence-corrected chi connectivity index (χ4v) is 6.34. The highest BCUT2D eigenvalue weighted by molar-refractivity contribution is 6.62. The maximum Gasteiger partial charge on any atom is 0.495 e. The lowest BCUT2D eigenvalue weighted by Gasteiger charge is -2.43. The van der Waals surface area contributed by atoms with E-state index >= 15 is 4.39 Å². The summed E-state index contributed by atoms with van der Waals surface area (Å²) in [5.41, 5.74) is -0.935. The third-order valence-electron chi connectivity index (χ3n) is 9.66. The Labute approximate surface area is 254 Å². The number of nitrogens with one attached hydrogen (secondary N) is 1. The molecule has 3 aliphatic heterocycles. The van der Waals surface area contributed by atoms with Crippen LogP contribution >= 0.6 is 0 Å². The van der Waals surface area contributed by atoms with Crippen LogP contribution in [0.25, 0.3) is 0 Å². The van der Waals surface area contributed by atoms with Crippen LogP contribution in [0, 0.1) is 5.82 Å². The molecule has 1 amide bonds. The van der Waals surface area contributed by atoms with E-state index in [9.17, 15) is 18.0 Å². The molecule has 0 bridgehead atoms. The fraction of sp³-hybridized carbons (Fsp3) is 0.581. The Kier molecular flexibility index (Phi) is 7.41. The second-order valence-electron chi connectivity index (χ2n) is 13.4. The molecule has 13 heteroatoms. The molecule has 6 rings (SSSR count). The van der Waals surface area contributed by atoms with E-state index in [1.165, 1.54) is 19.2 Å². The normalized spacial score (nSPS) is 26.4. The van der Waals surface area contributed by atoms with Crippen molar-refractivity contribution in [2.45, 2.75) is 102 Å². The van der Waals surface area contributed by atoms with Crippen LogP contribution in [0.15, 0.2) is 29.3 Å². The number of nitrogens with zero attached hydrogens (tertiary/aromatic N) is 3. The molecule has 3 fully saturated rings. The van der Waals surface area contributed by atoms with E-state index in [1.54, 1.807) is 0 Å². The molecule has 4 heterocycles. The van der Waals surface area contributed by atoms with Gasteiger partial charge in [0.2, 0.25) is 0 Å². The number of hydrogen-bond donors (Lipinski definition) is 1. The van der Waals surface area contributed by atoms with Crippen molar-refractivity contribution in [1.82, 2.24) is 10.3 Å². The number of carbonyl (C=O) groups excluding carboxylic acids is 1. The number of rotatable bonds is 6. The van der Waals surface area contributed by atoms with Crippen molar-refractivity contribution in [3.05, 3.63) is 52.6 Å². The zero-order valence-corrected chi connectivity index (χ0v) is 25.8. The van der Waals surface area contributed by atoms with Crippen LogP contribution in [-0.4, -0.2) is 60.3 Å².